The maximum Gasteiger partial charge on any atom is 0.270 e. The molecule has 1 saturated carbocycles. The Labute approximate surface area is 147 Å². The summed E-state index contributed by atoms with van der Waals surface area (Å²) in [6.45, 7) is 0.378. The van der Waals surface area contributed by atoms with Crippen LogP contribution in [0.1, 0.15) is 35.2 Å². The van der Waals surface area contributed by atoms with E-state index in [1.165, 1.54) is 26.4 Å². The van der Waals surface area contributed by atoms with Crippen LogP contribution < -0.4 is 0 Å². The third-order valence-electron chi connectivity index (χ3n) is 4.39. The number of hydrogen-bond donors (Lipinski definition) is 0. The molecular formula is C16H23N5O3S. The molecule has 25 heavy (non-hydrogen) atoms. The third-order valence-corrected chi connectivity index (χ3v) is 6.17. The lowest BCUT2D eigenvalue weighted by Crippen LogP contribution is -2.29. The Morgan fingerprint density at radius 1 is 1.32 bits per heavy atom. The summed E-state index contributed by atoms with van der Waals surface area (Å²) in [7, 11) is 2.72. The van der Waals surface area contributed by atoms with E-state index in [-0.39, 0.29) is 10.8 Å². The van der Waals surface area contributed by atoms with Crippen molar-refractivity contribution in [2.45, 2.75) is 30.3 Å². The summed E-state index contributed by atoms with van der Waals surface area (Å²) in [6.07, 6.45) is 7.43. The molecule has 1 amide bonds. The normalized spacial score (nSPS) is 14.9. The van der Waals surface area contributed by atoms with E-state index in [1.807, 2.05) is 6.20 Å². The van der Waals surface area contributed by atoms with Gasteiger partial charge in [-0.3, -0.25) is 4.79 Å². The zero-order valence-electron chi connectivity index (χ0n) is 14.9. The molecule has 136 valence electrons. The minimum Gasteiger partial charge on any atom is -0.345 e. The molecule has 9 heteroatoms. The van der Waals surface area contributed by atoms with E-state index in [0.717, 1.165) is 23.0 Å². The summed E-state index contributed by atoms with van der Waals surface area (Å²) in [6, 6.07) is 1.91. The molecule has 2 aromatic heterocycles. The molecule has 0 spiro atoms. The molecule has 2 aromatic rings. The SMILES string of the molecule is CN(Cc1nccn1C1CC1)C(=O)c1cc(S(=O)(=O)N(C)C)cn1C. The topological polar surface area (TPSA) is 80.4 Å². The molecule has 0 unspecified atom stereocenters. The number of imidazole rings is 1. The molecule has 0 saturated heterocycles. The van der Waals surface area contributed by atoms with Gasteiger partial charge in [0.2, 0.25) is 10.0 Å². The number of amides is 1. The number of hydrogen-bond acceptors (Lipinski definition) is 4. The molecule has 1 aliphatic carbocycles. The Kier molecular flexibility index (Phi) is 4.46. The second-order valence-corrected chi connectivity index (χ2v) is 8.75. The molecule has 1 fully saturated rings. The van der Waals surface area contributed by atoms with E-state index >= 15 is 0 Å². The van der Waals surface area contributed by atoms with Gasteiger partial charge in [0, 0.05) is 52.8 Å². The van der Waals surface area contributed by atoms with Crippen LogP contribution in [-0.2, 0) is 23.6 Å². The van der Waals surface area contributed by atoms with Gasteiger partial charge in [-0.1, -0.05) is 0 Å². The van der Waals surface area contributed by atoms with Gasteiger partial charge in [0.05, 0.1) is 6.54 Å². The van der Waals surface area contributed by atoms with Gasteiger partial charge in [-0.2, -0.15) is 0 Å². The van der Waals surface area contributed by atoms with Crippen LogP contribution >= 0.6 is 0 Å². The van der Waals surface area contributed by atoms with Crippen molar-refractivity contribution in [3.05, 3.63) is 36.2 Å². The first-order valence-corrected chi connectivity index (χ1v) is 9.52. The summed E-state index contributed by atoms with van der Waals surface area (Å²) >= 11 is 0. The molecule has 8 nitrogen and oxygen atoms in total. The summed E-state index contributed by atoms with van der Waals surface area (Å²) in [5.41, 5.74) is 0.326. The quantitative estimate of drug-likeness (QED) is 0.767. The Morgan fingerprint density at radius 3 is 2.60 bits per heavy atom. The molecule has 0 atom stereocenters. The maximum atomic E-state index is 12.8. The van der Waals surface area contributed by atoms with Gasteiger partial charge in [-0.05, 0) is 18.9 Å². The summed E-state index contributed by atoms with van der Waals surface area (Å²) in [4.78, 5) is 18.8. The van der Waals surface area contributed by atoms with Crippen molar-refractivity contribution in [2.24, 2.45) is 7.05 Å². The van der Waals surface area contributed by atoms with Gasteiger partial charge in [-0.15, -0.1) is 0 Å². The van der Waals surface area contributed by atoms with Crippen LogP contribution in [0, 0.1) is 0 Å². The largest absolute Gasteiger partial charge is 0.345 e. The van der Waals surface area contributed by atoms with E-state index in [0.29, 0.717) is 18.3 Å². The van der Waals surface area contributed by atoms with Crippen molar-refractivity contribution >= 4 is 15.9 Å². The zero-order valence-corrected chi connectivity index (χ0v) is 15.7. The van der Waals surface area contributed by atoms with Crippen LogP contribution in [0.5, 0.6) is 0 Å². The minimum absolute atomic E-state index is 0.108. The van der Waals surface area contributed by atoms with Crippen molar-refractivity contribution in [3.63, 3.8) is 0 Å². The predicted molar refractivity (Wildman–Crippen MR) is 92.6 cm³/mol. The van der Waals surface area contributed by atoms with E-state index in [4.69, 9.17) is 0 Å². The second kappa shape index (κ2) is 6.30. The standard InChI is InChI=1S/C16H23N5O3S/c1-18(2)25(23,24)13-9-14(19(3)10-13)16(22)20(4)11-15-17-7-8-21(15)12-5-6-12/h7-10,12H,5-6,11H2,1-4H3. The Bertz CT molecular complexity index is 893. The highest BCUT2D eigenvalue weighted by Crippen LogP contribution is 2.35. The monoisotopic (exact) mass is 365 g/mol. The second-order valence-electron chi connectivity index (χ2n) is 6.60. The summed E-state index contributed by atoms with van der Waals surface area (Å²) in [5.74, 6) is 0.599. The molecule has 0 N–H and O–H groups in total. The average molecular weight is 365 g/mol. The first kappa shape index (κ1) is 17.7. The van der Waals surface area contributed by atoms with E-state index in [2.05, 4.69) is 9.55 Å². The number of carbonyl (C=O) groups is 1. The van der Waals surface area contributed by atoms with Crippen molar-refractivity contribution < 1.29 is 13.2 Å². The number of aryl methyl sites for hydroxylation is 1. The van der Waals surface area contributed by atoms with Gasteiger partial charge in [-0.25, -0.2) is 17.7 Å². The Balaban J connectivity index is 1.80. The Morgan fingerprint density at radius 2 is 2.00 bits per heavy atom. The molecule has 0 radical (unpaired) electrons. The van der Waals surface area contributed by atoms with Crippen LogP contribution in [0.4, 0.5) is 0 Å². The van der Waals surface area contributed by atoms with E-state index < -0.39 is 10.0 Å². The predicted octanol–water partition coefficient (Wildman–Crippen LogP) is 1.08. The summed E-state index contributed by atoms with van der Waals surface area (Å²) < 4.78 is 29.3. The fraction of sp³-hybridized carbons (Fsp3) is 0.500. The molecule has 0 bridgehead atoms. The van der Waals surface area contributed by atoms with Gasteiger partial charge in [0.25, 0.3) is 5.91 Å². The van der Waals surface area contributed by atoms with Crippen LogP contribution in [0.3, 0.4) is 0 Å². The van der Waals surface area contributed by atoms with Crippen molar-refractivity contribution in [1.29, 1.82) is 0 Å². The highest BCUT2D eigenvalue weighted by atomic mass is 32.2. The highest BCUT2D eigenvalue weighted by Gasteiger charge is 2.27. The highest BCUT2D eigenvalue weighted by molar-refractivity contribution is 7.89. The van der Waals surface area contributed by atoms with Crippen molar-refractivity contribution in [2.75, 3.05) is 21.1 Å². The van der Waals surface area contributed by atoms with Crippen LogP contribution in [0.2, 0.25) is 0 Å². The van der Waals surface area contributed by atoms with Crippen molar-refractivity contribution in [1.82, 2.24) is 23.3 Å². The number of aromatic nitrogens is 3. The van der Waals surface area contributed by atoms with Crippen LogP contribution in [-0.4, -0.2) is 58.8 Å². The number of sulfonamides is 1. The number of carbonyl (C=O) groups excluding carboxylic acids is 1. The lowest BCUT2D eigenvalue weighted by atomic mass is 10.3. The first-order chi connectivity index (χ1) is 11.7. The molecule has 3 rings (SSSR count). The molecule has 0 aromatic carbocycles. The first-order valence-electron chi connectivity index (χ1n) is 8.08. The lowest BCUT2D eigenvalue weighted by molar-refractivity contribution is 0.0770. The van der Waals surface area contributed by atoms with Crippen LogP contribution in [0.25, 0.3) is 0 Å². The fourth-order valence-electron chi connectivity index (χ4n) is 2.73. The fourth-order valence-corrected chi connectivity index (χ4v) is 3.70. The van der Waals surface area contributed by atoms with Gasteiger partial charge < -0.3 is 14.0 Å². The molecular weight excluding hydrogens is 342 g/mol. The Hall–Kier alpha value is -2.13. The smallest absolute Gasteiger partial charge is 0.270 e. The summed E-state index contributed by atoms with van der Waals surface area (Å²) in [5, 5.41) is 0. The molecule has 1 aliphatic rings. The maximum absolute atomic E-state index is 12.8. The minimum atomic E-state index is -3.57. The zero-order chi connectivity index (χ0) is 18.4. The van der Waals surface area contributed by atoms with Crippen molar-refractivity contribution in [3.8, 4) is 0 Å². The molecule has 2 heterocycles. The van der Waals surface area contributed by atoms with E-state index in [9.17, 15) is 13.2 Å². The lowest BCUT2D eigenvalue weighted by Gasteiger charge is -2.18. The van der Waals surface area contributed by atoms with Crippen LogP contribution in [0.15, 0.2) is 29.6 Å². The molecule has 0 aliphatic heterocycles. The van der Waals surface area contributed by atoms with Gasteiger partial charge in [0.1, 0.15) is 16.4 Å². The van der Waals surface area contributed by atoms with E-state index in [1.54, 1.807) is 29.8 Å². The average Bonchev–Trinajstić information content (AvgIpc) is 3.16. The third kappa shape index (κ3) is 3.34. The van der Waals surface area contributed by atoms with Gasteiger partial charge >= 0.3 is 0 Å². The van der Waals surface area contributed by atoms with Gasteiger partial charge in [0.15, 0.2) is 0 Å². The number of rotatable bonds is 6. The number of nitrogens with zero attached hydrogens (tertiary/aromatic N) is 5.